The third kappa shape index (κ3) is 17.5. The first kappa shape index (κ1) is 37.5. The Labute approximate surface area is 258 Å². The molecule has 0 radical (unpaired) electrons. The molecule has 4 heteroatoms. The zero-order valence-electron chi connectivity index (χ0n) is 28.0. The number of phenols is 2. The number of rotatable bonds is 20. The number of aryl methyl sites for hydroxylation is 6. The lowest BCUT2D eigenvalue weighted by atomic mass is 10.0. The Morgan fingerprint density at radius 3 is 1.33 bits per heavy atom. The first-order valence-electron chi connectivity index (χ1n) is 16.9. The minimum atomic E-state index is -0.116. The molecule has 0 unspecified atom stereocenters. The Bertz CT molecular complexity index is 964. The summed E-state index contributed by atoms with van der Waals surface area (Å²) in [5, 5.41) is 19.2. The summed E-state index contributed by atoms with van der Waals surface area (Å²) in [6.45, 7) is 12.5. The number of carbonyl (C=O) groups is 1. The van der Waals surface area contributed by atoms with Crippen LogP contribution >= 0.6 is 0 Å². The molecule has 0 fully saturated rings. The number of unbranched alkanes of at least 4 members (excludes halogenated alkanes) is 15. The van der Waals surface area contributed by atoms with Gasteiger partial charge in [-0.1, -0.05) is 133 Å². The average molecular weight is 583 g/mol. The van der Waals surface area contributed by atoms with Gasteiger partial charge in [0.2, 0.25) is 0 Å². The number of hydrogen-bond acceptors (Lipinski definition) is 4. The third-order valence-corrected chi connectivity index (χ3v) is 8.06. The van der Waals surface area contributed by atoms with Gasteiger partial charge in [0.15, 0.2) is 0 Å². The molecular formula is C38H62O4. The normalized spacial score (nSPS) is 10.8. The largest absolute Gasteiger partial charge is 0.507 e. The topological polar surface area (TPSA) is 66.8 Å². The van der Waals surface area contributed by atoms with Gasteiger partial charge in [0, 0.05) is 6.42 Å². The third-order valence-electron chi connectivity index (χ3n) is 8.06. The van der Waals surface area contributed by atoms with Crippen LogP contribution in [-0.4, -0.2) is 22.8 Å². The Kier molecular flexibility index (Phi) is 20.6. The second kappa shape index (κ2) is 23.0. The lowest BCUT2D eigenvalue weighted by molar-refractivity contribution is -0.143. The van der Waals surface area contributed by atoms with E-state index in [1.165, 1.54) is 95.5 Å². The predicted octanol–water partition coefficient (Wildman–Crippen LogP) is 11.1. The lowest BCUT2D eigenvalue weighted by Crippen LogP contribution is -2.07. The molecule has 0 bridgehead atoms. The molecule has 0 aliphatic heterocycles. The highest BCUT2D eigenvalue weighted by atomic mass is 16.5. The smallest absolute Gasteiger partial charge is 0.306 e. The summed E-state index contributed by atoms with van der Waals surface area (Å²) in [6, 6.07) is 7.85. The first-order valence-corrected chi connectivity index (χ1v) is 16.9. The lowest BCUT2D eigenvalue weighted by Gasteiger charge is -2.08. The monoisotopic (exact) mass is 582 g/mol. The Morgan fingerprint density at radius 1 is 0.571 bits per heavy atom. The van der Waals surface area contributed by atoms with E-state index < -0.39 is 0 Å². The second-order valence-corrected chi connectivity index (χ2v) is 12.3. The number of esters is 1. The molecule has 0 atom stereocenters. The van der Waals surface area contributed by atoms with Gasteiger partial charge in [0.1, 0.15) is 11.5 Å². The fourth-order valence-electron chi connectivity index (χ4n) is 5.52. The van der Waals surface area contributed by atoms with Crippen LogP contribution in [-0.2, 0) is 16.0 Å². The van der Waals surface area contributed by atoms with E-state index in [0.29, 0.717) is 30.9 Å². The van der Waals surface area contributed by atoms with Gasteiger partial charge in [-0.2, -0.15) is 0 Å². The summed E-state index contributed by atoms with van der Waals surface area (Å²) in [5.41, 5.74) is 5.92. The average Bonchev–Trinajstić information content (AvgIpc) is 2.95. The second-order valence-electron chi connectivity index (χ2n) is 12.3. The molecule has 0 aliphatic carbocycles. The minimum Gasteiger partial charge on any atom is -0.507 e. The maximum Gasteiger partial charge on any atom is 0.306 e. The van der Waals surface area contributed by atoms with Crippen molar-refractivity contribution in [2.75, 3.05) is 6.61 Å². The fraction of sp³-hybridized carbons (Fsp3) is 0.658. The van der Waals surface area contributed by atoms with Crippen LogP contribution in [0.15, 0.2) is 24.3 Å². The molecule has 2 rings (SSSR count). The molecule has 0 amide bonds. The maximum atomic E-state index is 11.9. The van der Waals surface area contributed by atoms with Crippen LogP contribution in [0.3, 0.4) is 0 Å². The van der Waals surface area contributed by atoms with Crippen molar-refractivity contribution >= 4 is 5.97 Å². The van der Waals surface area contributed by atoms with Crippen LogP contribution in [0.5, 0.6) is 11.5 Å². The molecule has 0 spiro atoms. The Hall–Kier alpha value is -2.49. The molecule has 2 aromatic rings. The molecule has 4 nitrogen and oxygen atoms in total. The number of ether oxygens (including phenoxy) is 1. The van der Waals surface area contributed by atoms with Crippen molar-refractivity contribution in [1.82, 2.24) is 0 Å². The van der Waals surface area contributed by atoms with E-state index in [1.807, 2.05) is 58.9 Å². The summed E-state index contributed by atoms with van der Waals surface area (Å²) in [4.78, 5) is 11.9. The molecule has 0 aliphatic rings. The molecule has 0 aromatic heterocycles. The van der Waals surface area contributed by atoms with Crippen LogP contribution in [0.1, 0.15) is 149 Å². The number of hydrogen-bond donors (Lipinski definition) is 2. The highest BCUT2D eigenvalue weighted by Gasteiger charge is 2.07. The van der Waals surface area contributed by atoms with Gasteiger partial charge < -0.3 is 14.9 Å². The van der Waals surface area contributed by atoms with Crippen molar-refractivity contribution in [1.29, 1.82) is 0 Å². The number of phenolic OH excluding ortho intramolecular Hbond substituents is 2. The van der Waals surface area contributed by atoms with Crippen LogP contribution in [0.4, 0.5) is 0 Å². The summed E-state index contributed by atoms with van der Waals surface area (Å²) in [7, 11) is 0. The van der Waals surface area contributed by atoms with Gasteiger partial charge >= 0.3 is 5.97 Å². The fourth-order valence-corrected chi connectivity index (χ4v) is 5.52. The first-order chi connectivity index (χ1) is 20.1. The number of benzene rings is 2. The van der Waals surface area contributed by atoms with E-state index in [4.69, 9.17) is 4.74 Å². The zero-order valence-corrected chi connectivity index (χ0v) is 28.0. The van der Waals surface area contributed by atoms with Crippen LogP contribution in [0.2, 0.25) is 0 Å². The van der Waals surface area contributed by atoms with E-state index >= 15 is 0 Å². The van der Waals surface area contributed by atoms with Crippen LogP contribution < -0.4 is 0 Å². The van der Waals surface area contributed by atoms with Crippen LogP contribution in [0, 0.1) is 34.6 Å². The predicted molar refractivity (Wildman–Crippen MR) is 179 cm³/mol. The minimum absolute atomic E-state index is 0.116. The summed E-state index contributed by atoms with van der Waals surface area (Å²) >= 11 is 0. The molecule has 2 N–H and O–H groups in total. The summed E-state index contributed by atoms with van der Waals surface area (Å²) in [5.74, 6) is 0.653. The van der Waals surface area contributed by atoms with Crippen molar-refractivity contribution in [2.24, 2.45) is 0 Å². The van der Waals surface area contributed by atoms with Crippen molar-refractivity contribution in [3.63, 3.8) is 0 Å². The van der Waals surface area contributed by atoms with E-state index in [9.17, 15) is 15.0 Å². The number of carbonyl (C=O) groups excluding carboxylic acids is 1. The Balaban J connectivity index is 0.000000738. The molecular weight excluding hydrogens is 520 g/mol. The highest BCUT2D eigenvalue weighted by Crippen LogP contribution is 2.24. The molecule has 42 heavy (non-hydrogen) atoms. The quantitative estimate of drug-likeness (QED) is 0.120. The molecule has 238 valence electrons. The SMILES string of the molecule is CCCCCCCCCCCCCCCCCCOC(=O)CCc1cc(C)c(O)c(C)c1.Cc1cc(C)c(O)c(C)c1. The van der Waals surface area contributed by atoms with Gasteiger partial charge in [-0.05, 0) is 75.3 Å². The zero-order chi connectivity index (χ0) is 31.2. The van der Waals surface area contributed by atoms with Gasteiger partial charge in [-0.3, -0.25) is 4.79 Å². The van der Waals surface area contributed by atoms with Crippen molar-refractivity contribution in [2.45, 2.75) is 157 Å². The molecule has 0 saturated carbocycles. The van der Waals surface area contributed by atoms with E-state index in [0.717, 1.165) is 40.7 Å². The Morgan fingerprint density at radius 2 is 0.929 bits per heavy atom. The van der Waals surface area contributed by atoms with E-state index in [-0.39, 0.29) is 5.97 Å². The molecule has 2 aromatic carbocycles. The van der Waals surface area contributed by atoms with Gasteiger partial charge in [0.25, 0.3) is 0 Å². The van der Waals surface area contributed by atoms with Crippen molar-refractivity contribution in [3.8, 4) is 11.5 Å². The van der Waals surface area contributed by atoms with Crippen LogP contribution in [0.25, 0.3) is 0 Å². The van der Waals surface area contributed by atoms with E-state index in [1.54, 1.807) is 0 Å². The summed E-state index contributed by atoms with van der Waals surface area (Å²) < 4.78 is 5.38. The standard InChI is InChI=1S/C29H50O3.C9H12O/c1-4-5-6-7-8-9-10-11-12-13-14-15-16-17-18-19-22-32-28(30)21-20-27-23-25(2)29(31)26(3)24-27;1-6-4-7(2)9(10)8(3)5-6/h23-24,31H,4-22H2,1-3H3;4-5,10H,1-3H3. The molecule has 0 saturated heterocycles. The van der Waals surface area contributed by atoms with Gasteiger partial charge in [-0.15, -0.1) is 0 Å². The van der Waals surface area contributed by atoms with E-state index in [2.05, 4.69) is 6.92 Å². The highest BCUT2D eigenvalue weighted by molar-refractivity contribution is 5.69. The van der Waals surface area contributed by atoms with Gasteiger partial charge in [0.05, 0.1) is 6.61 Å². The maximum absolute atomic E-state index is 11.9. The van der Waals surface area contributed by atoms with Crippen molar-refractivity contribution in [3.05, 3.63) is 57.6 Å². The van der Waals surface area contributed by atoms with Crippen molar-refractivity contribution < 1.29 is 19.7 Å². The summed E-state index contributed by atoms with van der Waals surface area (Å²) in [6.07, 6.45) is 22.6. The number of aromatic hydroxyl groups is 2. The molecule has 0 heterocycles. The van der Waals surface area contributed by atoms with Gasteiger partial charge in [-0.25, -0.2) is 0 Å².